The zero-order valence-electron chi connectivity index (χ0n) is 9.06. The molecular formula is C12H13ClN2O. The van der Waals surface area contributed by atoms with Gasteiger partial charge in [0.05, 0.1) is 0 Å². The van der Waals surface area contributed by atoms with Gasteiger partial charge < -0.3 is 9.30 Å². The molecule has 0 spiro atoms. The third-order valence-corrected chi connectivity index (χ3v) is 2.54. The van der Waals surface area contributed by atoms with Gasteiger partial charge in [0.2, 0.25) is 0 Å². The molecule has 0 saturated heterocycles. The molecule has 0 N–H and O–H groups in total. The van der Waals surface area contributed by atoms with Crippen LogP contribution >= 0.6 is 11.6 Å². The van der Waals surface area contributed by atoms with Crippen molar-refractivity contribution in [2.24, 2.45) is 0 Å². The number of imidazole rings is 1. The zero-order chi connectivity index (χ0) is 11.4. The number of hydrogen-bond acceptors (Lipinski definition) is 2. The Labute approximate surface area is 99.6 Å². The lowest BCUT2D eigenvalue weighted by Crippen LogP contribution is -2.05. The van der Waals surface area contributed by atoms with Crippen molar-refractivity contribution in [1.82, 2.24) is 9.55 Å². The van der Waals surface area contributed by atoms with Gasteiger partial charge >= 0.3 is 0 Å². The van der Waals surface area contributed by atoms with E-state index in [4.69, 9.17) is 16.3 Å². The number of ether oxygens (including phenoxy) is 1. The minimum absolute atomic E-state index is 0.460. The van der Waals surface area contributed by atoms with Crippen LogP contribution in [-0.4, -0.2) is 9.55 Å². The van der Waals surface area contributed by atoms with Gasteiger partial charge in [-0.1, -0.05) is 17.7 Å². The molecule has 1 aromatic heterocycles. The molecule has 3 nitrogen and oxygen atoms in total. The van der Waals surface area contributed by atoms with Crippen molar-refractivity contribution in [3.63, 3.8) is 0 Å². The van der Waals surface area contributed by atoms with Gasteiger partial charge in [-0.3, -0.25) is 0 Å². The maximum Gasteiger partial charge on any atom is 0.146 e. The second-order valence-corrected chi connectivity index (χ2v) is 3.81. The maximum absolute atomic E-state index is 5.86. The van der Waals surface area contributed by atoms with E-state index in [0.717, 1.165) is 18.1 Å². The summed E-state index contributed by atoms with van der Waals surface area (Å²) >= 11 is 5.86. The first-order valence-corrected chi connectivity index (χ1v) is 5.55. The molecular weight excluding hydrogens is 224 g/mol. The molecule has 0 aliphatic rings. The summed E-state index contributed by atoms with van der Waals surface area (Å²) in [5, 5.41) is 0.677. The standard InChI is InChI=1S/C12H13ClN2O/c1-2-15-7-6-14-12(15)9-16-11-5-3-4-10(13)8-11/h3-8H,2,9H2,1H3. The van der Waals surface area contributed by atoms with E-state index in [1.54, 1.807) is 12.3 Å². The summed E-state index contributed by atoms with van der Waals surface area (Å²) in [6.07, 6.45) is 3.72. The molecule has 0 radical (unpaired) electrons. The minimum Gasteiger partial charge on any atom is -0.486 e. The van der Waals surface area contributed by atoms with E-state index in [2.05, 4.69) is 11.9 Å². The highest BCUT2D eigenvalue weighted by Crippen LogP contribution is 2.18. The van der Waals surface area contributed by atoms with Crippen LogP contribution in [0.5, 0.6) is 5.75 Å². The minimum atomic E-state index is 0.460. The van der Waals surface area contributed by atoms with E-state index in [0.29, 0.717) is 11.6 Å². The first kappa shape index (κ1) is 11.0. The molecule has 0 amide bonds. The Kier molecular flexibility index (Phi) is 3.47. The highest BCUT2D eigenvalue weighted by molar-refractivity contribution is 6.30. The molecule has 84 valence electrons. The van der Waals surface area contributed by atoms with E-state index in [1.165, 1.54) is 0 Å². The van der Waals surface area contributed by atoms with Gasteiger partial charge in [0.15, 0.2) is 0 Å². The summed E-state index contributed by atoms with van der Waals surface area (Å²) in [7, 11) is 0. The largest absolute Gasteiger partial charge is 0.486 e. The van der Waals surface area contributed by atoms with Crippen LogP contribution < -0.4 is 4.74 Å². The van der Waals surface area contributed by atoms with Crippen LogP contribution in [0, 0.1) is 0 Å². The molecule has 0 aliphatic carbocycles. The molecule has 0 unspecified atom stereocenters. The number of aryl methyl sites for hydroxylation is 1. The molecule has 2 aromatic rings. The number of rotatable bonds is 4. The third kappa shape index (κ3) is 2.55. The molecule has 0 atom stereocenters. The Balaban J connectivity index is 2.02. The lowest BCUT2D eigenvalue weighted by Gasteiger charge is -2.07. The molecule has 1 aromatic carbocycles. The number of halogens is 1. The highest BCUT2D eigenvalue weighted by Gasteiger charge is 2.02. The van der Waals surface area contributed by atoms with Crippen LogP contribution in [0.1, 0.15) is 12.7 Å². The zero-order valence-corrected chi connectivity index (χ0v) is 9.81. The fourth-order valence-electron chi connectivity index (χ4n) is 1.47. The number of benzene rings is 1. The summed E-state index contributed by atoms with van der Waals surface area (Å²) in [5.41, 5.74) is 0. The summed E-state index contributed by atoms with van der Waals surface area (Å²) in [4.78, 5) is 4.23. The van der Waals surface area contributed by atoms with Gasteiger partial charge in [0, 0.05) is 24.0 Å². The molecule has 16 heavy (non-hydrogen) atoms. The van der Waals surface area contributed by atoms with Gasteiger partial charge in [-0.15, -0.1) is 0 Å². The van der Waals surface area contributed by atoms with Crippen molar-refractivity contribution < 1.29 is 4.74 Å². The summed E-state index contributed by atoms with van der Waals surface area (Å²) in [6.45, 7) is 3.43. The van der Waals surface area contributed by atoms with Gasteiger partial charge in [0.1, 0.15) is 18.2 Å². The quantitative estimate of drug-likeness (QED) is 0.816. The molecule has 0 fully saturated rings. The van der Waals surface area contributed by atoms with Crippen molar-refractivity contribution in [2.75, 3.05) is 0 Å². The molecule has 4 heteroatoms. The van der Waals surface area contributed by atoms with Crippen molar-refractivity contribution in [3.05, 3.63) is 47.5 Å². The molecule has 1 heterocycles. The maximum atomic E-state index is 5.86. The monoisotopic (exact) mass is 236 g/mol. The average Bonchev–Trinajstić information content (AvgIpc) is 2.74. The van der Waals surface area contributed by atoms with E-state index in [9.17, 15) is 0 Å². The lowest BCUT2D eigenvalue weighted by molar-refractivity contribution is 0.290. The second kappa shape index (κ2) is 5.03. The summed E-state index contributed by atoms with van der Waals surface area (Å²) < 4.78 is 7.65. The first-order chi connectivity index (χ1) is 7.79. The summed E-state index contributed by atoms with van der Waals surface area (Å²) in [6, 6.07) is 7.36. The van der Waals surface area contributed by atoms with Gasteiger partial charge in [-0.2, -0.15) is 0 Å². The topological polar surface area (TPSA) is 27.1 Å². The van der Waals surface area contributed by atoms with Crippen molar-refractivity contribution in [1.29, 1.82) is 0 Å². The molecule has 0 saturated carbocycles. The molecule has 2 rings (SSSR count). The van der Waals surface area contributed by atoms with Crippen LogP contribution in [0.2, 0.25) is 5.02 Å². The van der Waals surface area contributed by atoms with Crippen molar-refractivity contribution in [2.45, 2.75) is 20.1 Å². The Morgan fingerprint density at radius 1 is 1.44 bits per heavy atom. The first-order valence-electron chi connectivity index (χ1n) is 5.18. The smallest absolute Gasteiger partial charge is 0.146 e. The van der Waals surface area contributed by atoms with Crippen molar-refractivity contribution >= 4 is 11.6 Å². The average molecular weight is 237 g/mol. The van der Waals surface area contributed by atoms with Crippen molar-refractivity contribution in [3.8, 4) is 5.75 Å². The number of nitrogens with zero attached hydrogens (tertiary/aromatic N) is 2. The predicted octanol–water partition coefficient (Wildman–Crippen LogP) is 3.14. The Morgan fingerprint density at radius 3 is 3.06 bits per heavy atom. The van der Waals surface area contributed by atoms with E-state index >= 15 is 0 Å². The normalized spacial score (nSPS) is 10.4. The van der Waals surface area contributed by atoms with Crippen LogP contribution in [0.3, 0.4) is 0 Å². The SMILES string of the molecule is CCn1ccnc1COc1cccc(Cl)c1. The van der Waals surface area contributed by atoms with Gasteiger partial charge in [-0.05, 0) is 25.1 Å². The van der Waals surface area contributed by atoms with Gasteiger partial charge in [-0.25, -0.2) is 4.98 Å². The Bertz CT molecular complexity index is 468. The van der Waals surface area contributed by atoms with Crippen LogP contribution in [0.4, 0.5) is 0 Å². The lowest BCUT2D eigenvalue weighted by atomic mass is 10.3. The van der Waals surface area contributed by atoms with E-state index in [-0.39, 0.29) is 0 Å². The fraction of sp³-hybridized carbons (Fsp3) is 0.250. The van der Waals surface area contributed by atoms with Crippen LogP contribution in [-0.2, 0) is 13.2 Å². The second-order valence-electron chi connectivity index (χ2n) is 3.38. The van der Waals surface area contributed by atoms with Gasteiger partial charge in [0.25, 0.3) is 0 Å². The fourth-order valence-corrected chi connectivity index (χ4v) is 1.65. The van der Waals surface area contributed by atoms with Crippen LogP contribution in [0.15, 0.2) is 36.7 Å². The third-order valence-electron chi connectivity index (χ3n) is 2.31. The van der Waals surface area contributed by atoms with Crippen LogP contribution in [0.25, 0.3) is 0 Å². The number of aromatic nitrogens is 2. The molecule has 0 bridgehead atoms. The summed E-state index contributed by atoms with van der Waals surface area (Å²) in [5.74, 6) is 1.68. The Morgan fingerprint density at radius 2 is 2.31 bits per heavy atom. The Hall–Kier alpha value is -1.48. The molecule has 0 aliphatic heterocycles. The highest BCUT2D eigenvalue weighted by atomic mass is 35.5. The van der Waals surface area contributed by atoms with E-state index in [1.807, 2.05) is 29.0 Å². The number of hydrogen-bond donors (Lipinski definition) is 0. The predicted molar refractivity (Wildman–Crippen MR) is 63.7 cm³/mol. The van der Waals surface area contributed by atoms with E-state index < -0.39 is 0 Å².